The molecular formula is C16H25NO. The Balaban J connectivity index is 2.27. The second-order valence-corrected chi connectivity index (χ2v) is 5.75. The Morgan fingerprint density at radius 1 is 1.17 bits per heavy atom. The zero-order valence-electron chi connectivity index (χ0n) is 12.1. The summed E-state index contributed by atoms with van der Waals surface area (Å²) in [6, 6.07) is 4.61. The molecule has 0 aromatic heterocycles. The summed E-state index contributed by atoms with van der Waals surface area (Å²) in [6.07, 6.45) is 2.44. The van der Waals surface area contributed by atoms with Crippen molar-refractivity contribution < 1.29 is 4.74 Å². The van der Waals surface area contributed by atoms with E-state index in [2.05, 4.69) is 38.2 Å². The molecule has 1 aliphatic rings. The fourth-order valence-electron chi connectivity index (χ4n) is 3.38. The topological polar surface area (TPSA) is 21.3 Å². The quantitative estimate of drug-likeness (QED) is 0.808. The molecule has 1 aliphatic heterocycles. The summed E-state index contributed by atoms with van der Waals surface area (Å²) in [5.74, 6) is 0. The average molecular weight is 247 g/mol. The van der Waals surface area contributed by atoms with E-state index in [4.69, 9.17) is 4.74 Å². The van der Waals surface area contributed by atoms with Gasteiger partial charge in [0.2, 0.25) is 0 Å². The van der Waals surface area contributed by atoms with Gasteiger partial charge in [0.1, 0.15) is 0 Å². The predicted octanol–water partition coefficient (Wildman–Crippen LogP) is 2.88. The first-order valence-corrected chi connectivity index (χ1v) is 6.90. The van der Waals surface area contributed by atoms with Crippen molar-refractivity contribution in [1.82, 2.24) is 5.32 Å². The van der Waals surface area contributed by atoms with Gasteiger partial charge in [0.15, 0.2) is 0 Å². The highest BCUT2D eigenvalue weighted by atomic mass is 16.5. The Bertz CT molecular complexity index is 398. The molecule has 1 heterocycles. The van der Waals surface area contributed by atoms with Crippen molar-refractivity contribution in [3.05, 3.63) is 34.4 Å². The minimum atomic E-state index is 0.277. The fraction of sp³-hybridized carbons (Fsp3) is 0.625. The number of ether oxygens (including phenoxy) is 1. The smallest absolute Gasteiger partial charge is 0.0585 e. The zero-order chi connectivity index (χ0) is 13.2. The molecule has 0 atom stereocenters. The molecule has 1 aromatic carbocycles. The Labute approximate surface area is 111 Å². The summed E-state index contributed by atoms with van der Waals surface area (Å²) in [5, 5.41) is 3.24. The van der Waals surface area contributed by atoms with E-state index in [1.165, 1.54) is 35.1 Å². The minimum Gasteiger partial charge on any atom is -0.379 e. The summed E-state index contributed by atoms with van der Waals surface area (Å²) < 4.78 is 5.54. The molecule has 0 bridgehead atoms. The van der Waals surface area contributed by atoms with Gasteiger partial charge in [-0.25, -0.2) is 0 Å². The summed E-state index contributed by atoms with van der Waals surface area (Å²) in [7, 11) is 2.02. The van der Waals surface area contributed by atoms with E-state index in [9.17, 15) is 0 Å². The van der Waals surface area contributed by atoms with Crippen LogP contribution in [0.4, 0.5) is 0 Å². The summed E-state index contributed by atoms with van der Waals surface area (Å²) in [6.45, 7) is 9.53. The van der Waals surface area contributed by atoms with Gasteiger partial charge in [-0.05, 0) is 63.9 Å². The highest BCUT2D eigenvalue weighted by molar-refractivity contribution is 5.44. The fourth-order valence-corrected chi connectivity index (χ4v) is 3.38. The number of hydrogen-bond acceptors (Lipinski definition) is 2. The van der Waals surface area contributed by atoms with Gasteiger partial charge in [-0.15, -0.1) is 0 Å². The molecule has 0 amide bonds. The largest absolute Gasteiger partial charge is 0.379 e. The van der Waals surface area contributed by atoms with Crippen molar-refractivity contribution >= 4 is 0 Å². The number of rotatable bonds is 5. The Morgan fingerprint density at radius 2 is 1.78 bits per heavy atom. The minimum absolute atomic E-state index is 0.277. The standard InChI is InChI=1S/C16H25NO/c1-12-8-13(2)15(14(3)9-12)16(10-18-11-16)6-5-7-17-4/h8-9,17H,5-7,10-11H2,1-4H3. The van der Waals surface area contributed by atoms with Crippen LogP contribution in [-0.2, 0) is 10.2 Å². The van der Waals surface area contributed by atoms with Crippen LogP contribution in [-0.4, -0.2) is 26.8 Å². The summed E-state index contributed by atoms with van der Waals surface area (Å²) in [4.78, 5) is 0. The third-order valence-electron chi connectivity index (χ3n) is 4.05. The molecule has 1 fully saturated rings. The van der Waals surface area contributed by atoms with E-state index in [1.54, 1.807) is 0 Å². The van der Waals surface area contributed by atoms with Crippen LogP contribution in [0, 0.1) is 20.8 Å². The van der Waals surface area contributed by atoms with E-state index in [0.717, 1.165) is 19.8 Å². The van der Waals surface area contributed by atoms with Crippen LogP contribution >= 0.6 is 0 Å². The zero-order valence-corrected chi connectivity index (χ0v) is 12.1. The lowest BCUT2D eigenvalue weighted by Gasteiger charge is -2.44. The van der Waals surface area contributed by atoms with Crippen molar-refractivity contribution in [3.63, 3.8) is 0 Å². The lowest BCUT2D eigenvalue weighted by molar-refractivity contribution is -0.0656. The molecule has 0 spiro atoms. The van der Waals surface area contributed by atoms with Crippen molar-refractivity contribution in [2.24, 2.45) is 0 Å². The molecule has 100 valence electrons. The first-order chi connectivity index (χ1) is 8.59. The van der Waals surface area contributed by atoms with Crippen molar-refractivity contribution in [2.75, 3.05) is 26.8 Å². The number of nitrogens with one attached hydrogen (secondary N) is 1. The molecule has 2 rings (SSSR count). The van der Waals surface area contributed by atoms with E-state index in [-0.39, 0.29) is 5.41 Å². The van der Waals surface area contributed by atoms with Gasteiger partial charge in [0.05, 0.1) is 13.2 Å². The first kappa shape index (κ1) is 13.6. The lowest BCUT2D eigenvalue weighted by Crippen LogP contribution is -2.48. The first-order valence-electron chi connectivity index (χ1n) is 6.90. The third-order valence-corrected chi connectivity index (χ3v) is 4.05. The Kier molecular flexibility index (Phi) is 4.08. The molecule has 0 radical (unpaired) electrons. The maximum Gasteiger partial charge on any atom is 0.0585 e. The second kappa shape index (κ2) is 5.41. The van der Waals surface area contributed by atoms with Crippen LogP contribution in [0.2, 0.25) is 0 Å². The second-order valence-electron chi connectivity index (χ2n) is 5.75. The lowest BCUT2D eigenvalue weighted by atomic mass is 9.71. The van der Waals surface area contributed by atoms with Crippen molar-refractivity contribution in [2.45, 2.75) is 39.0 Å². The van der Waals surface area contributed by atoms with Gasteiger partial charge in [-0.2, -0.15) is 0 Å². The normalized spacial score (nSPS) is 17.6. The van der Waals surface area contributed by atoms with Gasteiger partial charge < -0.3 is 10.1 Å². The maximum atomic E-state index is 5.54. The van der Waals surface area contributed by atoms with Gasteiger partial charge in [-0.3, -0.25) is 0 Å². The van der Waals surface area contributed by atoms with E-state index in [1.807, 2.05) is 7.05 Å². The molecule has 1 N–H and O–H groups in total. The molecule has 0 saturated carbocycles. The van der Waals surface area contributed by atoms with Crippen LogP contribution in [0.25, 0.3) is 0 Å². The molecule has 1 aromatic rings. The van der Waals surface area contributed by atoms with Gasteiger partial charge in [0.25, 0.3) is 0 Å². The number of aryl methyl sites for hydroxylation is 3. The van der Waals surface area contributed by atoms with Crippen LogP contribution in [0.5, 0.6) is 0 Å². The highest BCUT2D eigenvalue weighted by Gasteiger charge is 2.41. The van der Waals surface area contributed by atoms with Crippen LogP contribution in [0.3, 0.4) is 0 Å². The van der Waals surface area contributed by atoms with Crippen LogP contribution < -0.4 is 5.32 Å². The summed E-state index contributed by atoms with van der Waals surface area (Å²) in [5.41, 5.74) is 6.04. The SMILES string of the molecule is CNCCCC1(c2c(C)cc(C)cc2C)COC1. The number of hydrogen-bond donors (Lipinski definition) is 1. The third kappa shape index (κ3) is 2.45. The maximum absolute atomic E-state index is 5.54. The van der Waals surface area contributed by atoms with Crippen LogP contribution in [0.15, 0.2) is 12.1 Å². The molecule has 18 heavy (non-hydrogen) atoms. The van der Waals surface area contributed by atoms with Gasteiger partial charge in [0, 0.05) is 5.41 Å². The molecule has 2 heteroatoms. The Morgan fingerprint density at radius 3 is 2.22 bits per heavy atom. The summed E-state index contributed by atoms with van der Waals surface area (Å²) >= 11 is 0. The monoisotopic (exact) mass is 247 g/mol. The van der Waals surface area contributed by atoms with Crippen LogP contribution in [0.1, 0.15) is 35.1 Å². The van der Waals surface area contributed by atoms with E-state index in [0.29, 0.717) is 0 Å². The molecule has 1 saturated heterocycles. The molecular weight excluding hydrogens is 222 g/mol. The van der Waals surface area contributed by atoms with Gasteiger partial charge >= 0.3 is 0 Å². The molecule has 0 aliphatic carbocycles. The van der Waals surface area contributed by atoms with Crippen molar-refractivity contribution in [1.29, 1.82) is 0 Å². The van der Waals surface area contributed by atoms with E-state index < -0.39 is 0 Å². The van der Waals surface area contributed by atoms with Crippen molar-refractivity contribution in [3.8, 4) is 0 Å². The highest BCUT2D eigenvalue weighted by Crippen LogP contribution is 2.40. The molecule has 2 nitrogen and oxygen atoms in total. The number of benzene rings is 1. The predicted molar refractivity (Wildman–Crippen MR) is 76.3 cm³/mol. The Hall–Kier alpha value is -0.860. The molecule has 0 unspecified atom stereocenters. The average Bonchev–Trinajstić information content (AvgIpc) is 2.23. The van der Waals surface area contributed by atoms with Gasteiger partial charge in [-0.1, -0.05) is 17.7 Å². The van der Waals surface area contributed by atoms with E-state index >= 15 is 0 Å².